The molecule has 24 heavy (non-hydrogen) atoms. The third kappa shape index (κ3) is 4.52. The Balaban J connectivity index is 1.63. The van der Waals surface area contributed by atoms with Crippen molar-refractivity contribution >= 4 is 29.3 Å². The van der Waals surface area contributed by atoms with E-state index in [9.17, 15) is 4.79 Å². The molecule has 1 amide bonds. The van der Waals surface area contributed by atoms with E-state index in [1.807, 2.05) is 47.4 Å². The van der Waals surface area contributed by atoms with Crippen LogP contribution in [-0.2, 0) is 5.75 Å². The van der Waals surface area contributed by atoms with Gasteiger partial charge < -0.3 is 4.90 Å². The molecule has 1 fully saturated rings. The number of aromatic nitrogens is 1. The molecule has 0 bridgehead atoms. The number of amides is 1. The number of hydrogen-bond acceptors (Lipinski definition) is 3. The van der Waals surface area contributed by atoms with Crippen LogP contribution in [0.15, 0.2) is 47.4 Å². The van der Waals surface area contributed by atoms with Gasteiger partial charge in [0.05, 0.1) is 5.69 Å². The maximum atomic E-state index is 12.6. The number of rotatable bonds is 4. The molecule has 0 spiro atoms. The maximum Gasteiger partial charge on any atom is 0.272 e. The van der Waals surface area contributed by atoms with Crippen molar-refractivity contribution in [2.45, 2.75) is 30.4 Å². The number of likely N-dealkylation sites (tertiary alicyclic amines) is 1. The van der Waals surface area contributed by atoms with Gasteiger partial charge in [-0.05, 0) is 55.2 Å². The van der Waals surface area contributed by atoms with Crippen LogP contribution in [0.5, 0.6) is 0 Å². The van der Waals surface area contributed by atoms with Gasteiger partial charge in [-0.15, -0.1) is 11.8 Å². The molecule has 0 atom stereocenters. The van der Waals surface area contributed by atoms with Gasteiger partial charge in [0.25, 0.3) is 5.91 Å². The zero-order chi connectivity index (χ0) is 16.9. The maximum absolute atomic E-state index is 12.6. The lowest BCUT2D eigenvalue weighted by Gasteiger charge is -2.30. The number of nitrogens with zero attached hydrogens (tertiary/aromatic N) is 2. The largest absolute Gasteiger partial charge is 0.337 e. The SMILES string of the molecule is CC1CCN(C(=O)c2cccc(CSc3ccc(Cl)cc3)n2)CC1. The molecule has 1 aromatic heterocycles. The van der Waals surface area contributed by atoms with Gasteiger partial charge in [-0.2, -0.15) is 0 Å². The molecule has 0 saturated carbocycles. The van der Waals surface area contributed by atoms with E-state index in [0.717, 1.165) is 47.3 Å². The average Bonchev–Trinajstić information content (AvgIpc) is 2.61. The summed E-state index contributed by atoms with van der Waals surface area (Å²) >= 11 is 7.60. The summed E-state index contributed by atoms with van der Waals surface area (Å²) in [5, 5.41) is 0.737. The summed E-state index contributed by atoms with van der Waals surface area (Å²) in [6.07, 6.45) is 2.16. The lowest BCUT2D eigenvalue weighted by atomic mass is 9.99. The van der Waals surface area contributed by atoms with E-state index < -0.39 is 0 Å². The Bertz CT molecular complexity index is 697. The van der Waals surface area contributed by atoms with Crippen molar-refractivity contribution < 1.29 is 4.79 Å². The van der Waals surface area contributed by atoms with Gasteiger partial charge in [-0.25, -0.2) is 4.98 Å². The summed E-state index contributed by atoms with van der Waals surface area (Å²) in [4.78, 5) is 20.2. The highest BCUT2D eigenvalue weighted by Gasteiger charge is 2.22. The second kappa shape index (κ2) is 8.04. The summed E-state index contributed by atoms with van der Waals surface area (Å²) in [6.45, 7) is 3.92. The molecular weight excluding hydrogens is 340 g/mol. The number of carbonyl (C=O) groups excluding carboxylic acids is 1. The minimum absolute atomic E-state index is 0.0558. The van der Waals surface area contributed by atoms with Crippen molar-refractivity contribution in [1.29, 1.82) is 0 Å². The number of halogens is 1. The van der Waals surface area contributed by atoms with E-state index >= 15 is 0 Å². The van der Waals surface area contributed by atoms with Crippen LogP contribution in [0.2, 0.25) is 5.02 Å². The summed E-state index contributed by atoms with van der Waals surface area (Å²) in [6, 6.07) is 13.5. The smallest absolute Gasteiger partial charge is 0.272 e. The fourth-order valence-corrected chi connectivity index (χ4v) is 3.67. The quantitative estimate of drug-likeness (QED) is 0.727. The molecule has 2 heterocycles. The van der Waals surface area contributed by atoms with Crippen molar-refractivity contribution in [2.75, 3.05) is 13.1 Å². The molecule has 0 aliphatic carbocycles. The molecule has 1 saturated heterocycles. The minimum Gasteiger partial charge on any atom is -0.337 e. The molecule has 1 aliphatic heterocycles. The summed E-state index contributed by atoms with van der Waals surface area (Å²) < 4.78 is 0. The minimum atomic E-state index is 0.0558. The number of benzene rings is 1. The first-order valence-corrected chi connectivity index (χ1v) is 9.62. The van der Waals surface area contributed by atoms with E-state index in [1.54, 1.807) is 11.8 Å². The molecule has 0 unspecified atom stereocenters. The third-order valence-electron chi connectivity index (χ3n) is 4.30. The first kappa shape index (κ1) is 17.3. The molecule has 1 aliphatic rings. The lowest BCUT2D eigenvalue weighted by molar-refractivity contribution is 0.0691. The molecule has 3 nitrogen and oxygen atoms in total. The Hall–Kier alpha value is -1.52. The molecule has 0 radical (unpaired) electrons. The fourth-order valence-electron chi connectivity index (χ4n) is 2.74. The highest BCUT2D eigenvalue weighted by atomic mass is 35.5. The summed E-state index contributed by atoms with van der Waals surface area (Å²) in [5.74, 6) is 1.50. The second-order valence-electron chi connectivity index (χ2n) is 6.23. The number of pyridine rings is 1. The zero-order valence-corrected chi connectivity index (χ0v) is 15.3. The number of piperidine rings is 1. The van der Waals surface area contributed by atoms with Gasteiger partial charge in [0, 0.05) is 28.8 Å². The molecular formula is C19H21ClN2OS. The van der Waals surface area contributed by atoms with Gasteiger partial charge in [0.1, 0.15) is 5.69 Å². The van der Waals surface area contributed by atoms with Crippen molar-refractivity contribution in [3.8, 4) is 0 Å². The number of hydrogen-bond donors (Lipinski definition) is 0. The Morgan fingerprint density at radius 1 is 1.21 bits per heavy atom. The predicted octanol–water partition coefficient (Wildman–Crippen LogP) is 4.90. The van der Waals surface area contributed by atoms with Crippen molar-refractivity contribution in [1.82, 2.24) is 9.88 Å². The van der Waals surface area contributed by atoms with Crippen molar-refractivity contribution in [2.24, 2.45) is 5.92 Å². The van der Waals surface area contributed by atoms with Crippen LogP contribution in [0.25, 0.3) is 0 Å². The van der Waals surface area contributed by atoms with Crippen LogP contribution in [0.4, 0.5) is 0 Å². The standard InChI is InChI=1S/C19H21ClN2OS/c1-14-9-11-22(12-10-14)19(23)18-4-2-3-16(21-18)13-24-17-7-5-15(20)6-8-17/h2-8,14H,9-13H2,1H3. The Labute approximate surface area is 152 Å². The highest BCUT2D eigenvalue weighted by molar-refractivity contribution is 7.98. The zero-order valence-electron chi connectivity index (χ0n) is 13.7. The second-order valence-corrected chi connectivity index (χ2v) is 7.72. The van der Waals surface area contributed by atoms with Crippen LogP contribution in [0.3, 0.4) is 0 Å². The number of carbonyl (C=O) groups is 1. The summed E-state index contributed by atoms with van der Waals surface area (Å²) in [7, 11) is 0. The Morgan fingerprint density at radius 3 is 2.62 bits per heavy atom. The Kier molecular flexibility index (Phi) is 5.80. The van der Waals surface area contributed by atoms with E-state index in [-0.39, 0.29) is 5.91 Å². The predicted molar refractivity (Wildman–Crippen MR) is 99.6 cm³/mol. The van der Waals surface area contributed by atoms with Crippen LogP contribution in [0.1, 0.15) is 35.9 Å². The topological polar surface area (TPSA) is 33.2 Å². The van der Waals surface area contributed by atoms with Crippen LogP contribution in [-0.4, -0.2) is 28.9 Å². The van der Waals surface area contributed by atoms with E-state index in [2.05, 4.69) is 11.9 Å². The molecule has 0 N–H and O–H groups in total. The van der Waals surface area contributed by atoms with E-state index in [1.165, 1.54) is 0 Å². The van der Waals surface area contributed by atoms with Crippen molar-refractivity contribution in [3.05, 3.63) is 58.9 Å². The molecule has 5 heteroatoms. The van der Waals surface area contributed by atoms with E-state index in [4.69, 9.17) is 11.6 Å². The average molecular weight is 361 g/mol. The van der Waals surface area contributed by atoms with Gasteiger partial charge in [0.15, 0.2) is 0 Å². The van der Waals surface area contributed by atoms with Gasteiger partial charge >= 0.3 is 0 Å². The number of thioether (sulfide) groups is 1. The highest BCUT2D eigenvalue weighted by Crippen LogP contribution is 2.24. The lowest BCUT2D eigenvalue weighted by Crippen LogP contribution is -2.38. The Morgan fingerprint density at radius 2 is 1.92 bits per heavy atom. The van der Waals surface area contributed by atoms with Crippen molar-refractivity contribution in [3.63, 3.8) is 0 Å². The van der Waals surface area contributed by atoms with E-state index in [0.29, 0.717) is 11.6 Å². The normalized spacial score (nSPS) is 15.5. The monoisotopic (exact) mass is 360 g/mol. The van der Waals surface area contributed by atoms with Gasteiger partial charge in [-0.1, -0.05) is 24.6 Å². The fraction of sp³-hybridized carbons (Fsp3) is 0.368. The van der Waals surface area contributed by atoms with Crippen LogP contribution in [0, 0.1) is 5.92 Å². The van der Waals surface area contributed by atoms with Gasteiger partial charge in [-0.3, -0.25) is 4.79 Å². The van der Waals surface area contributed by atoms with Crippen LogP contribution < -0.4 is 0 Å². The molecule has 126 valence electrons. The molecule has 3 rings (SSSR count). The molecule has 2 aromatic rings. The molecule has 1 aromatic carbocycles. The first-order valence-electron chi connectivity index (χ1n) is 8.25. The first-order chi connectivity index (χ1) is 11.6. The third-order valence-corrected chi connectivity index (χ3v) is 5.59. The summed E-state index contributed by atoms with van der Waals surface area (Å²) in [5.41, 5.74) is 1.48. The van der Waals surface area contributed by atoms with Crippen LogP contribution >= 0.6 is 23.4 Å². The van der Waals surface area contributed by atoms with Gasteiger partial charge in [0.2, 0.25) is 0 Å².